The summed E-state index contributed by atoms with van der Waals surface area (Å²) in [4.78, 5) is 46.5. The Balaban J connectivity index is 1.52. The maximum atomic E-state index is 12.9. The van der Waals surface area contributed by atoms with Gasteiger partial charge in [-0.15, -0.1) is 0 Å². The maximum absolute atomic E-state index is 12.9. The number of fused-ring (bicyclic) bond motifs is 3. The summed E-state index contributed by atoms with van der Waals surface area (Å²) in [6, 6.07) is 13.3. The molecular formula is C24H25N5O4S. The fourth-order valence-corrected chi connectivity index (χ4v) is 4.80. The number of carbonyl (C=O) groups excluding carboxylic acids is 2. The van der Waals surface area contributed by atoms with Crippen LogP contribution in [0.4, 0.5) is 11.4 Å². The quantitative estimate of drug-likeness (QED) is 0.327. The first-order valence-electron chi connectivity index (χ1n) is 11.2. The minimum Gasteiger partial charge on any atom is -0.356 e. The molecule has 2 aliphatic heterocycles. The standard InChI is InChI=1S/C24H25N5O4S/c1-2-3-14-25-21(30)13-12-20-23(31)27-22-18-6-4-5-7-19(18)26-24(28(20)22)34-15-16-8-10-17(11-9-16)29(32)33/h4-11,20H,2-3,12-15H2,1H3,(H,25,30). The highest BCUT2D eigenvalue weighted by Crippen LogP contribution is 2.36. The number of non-ortho nitro benzene ring substituents is 1. The van der Waals surface area contributed by atoms with E-state index in [0.717, 1.165) is 29.7 Å². The van der Waals surface area contributed by atoms with Gasteiger partial charge in [-0.05, 0) is 30.5 Å². The lowest BCUT2D eigenvalue weighted by Crippen LogP contribution is -2.44. The molecule has 1 atom stereocenters. The largest absolute Gasteiger partial charge is 0.356 e. The Morgan fingerprint density at radius 3 is 2.68 bits per heavy atom. The summed E-state index contributed by atoms with van der Waals surface area (Å²) in [6.45, 7) is 2.69. The summed E-state index contributed by atoms with van der Waals surface area (Å²) in [5, 5.41) is 14.4. The van der Waals surface area contributed by atoms with Gasteiger partial charge in [-0.1, -0.05) is 49.4 Å². The summed E-state index contributed by atoms with van der Waals surface area (Å²) >= 11 is 1.43. The second kappa shape index (κ2) is 10.6. The number of hydrogen-bond donors (Lipinski definition) is 1. The van der Waals surface area contributed by atoms with Crippen molar-refractivity contribution in [1.82, 2.24) is 10.2 Å². The highest BCUT2D eigenvalue weighted by molar-refractivity contribution is 8.13. The van der Waals surface area contributed by atoms with Crippen LogP contribution >= 0.6 is 11.8 Å². The summed E-state index contributed by atoms with van der Waals surface area (Å²) < 4.78 is 0. The van der Waals surface area contributed by atoms with E-state index >= 15 is 0 Å². The lowest BCUT2D eigenvalue weighted by Gasteiger charge is -2.31. The fraction of sp³-hybridized carbons (Fsp3) is 0.333. The van der Waals surface area contributed by atoms with E-state index in [1.165, 1.54) is 23.9 Å². The van der Waals surface area contributed by atoms with Crippen LogP contribution in [0.1, 0.15) is 43.7 Å². The number of thioether (sulfide) groups is 1. The number of nitrogens with zero attached hydrogens (tertiary/aromatic N) is 4. The monoisotopic (exact) mass is 479 g/mol. The third kappa shape index (κ3) is 5.17. The molecule has 0 saturated heterocycles. The van der Waals surface area contributed by atoms with Crippen LogP contribution in [0.5, 0.6) is 0 Å². The molecule has 10 heteroatoms. The number of amidine groups is 2. The summed E-state index contributed by atoms with van der Waals surface area (Å²) in [6.07, 6.45) is 2.47. The number of rotatable bonds is 9. The van der Waals surface area contributed by atoms with Gasteiger partial charge in [0.1, 0.15) is 11.9 Å². The van der Waals surface area contributed by atoms with Gasteiger partial charge < -0.3 is 5.32 Å². The van der Waals surface area contributed by atoms with Crippen LogP contribution < -0.4 is 5.32 Å². The van der Waals surface area contributed by atoms with Crippen molar-refractivity contribution >= 4 is 46.0 Å². The molecule has 1 N–H and O–H groups in total. The number of nitro benzene ring substituents is 1. The number of para-hydroxylation sites is 1. The third-order valence-electron chi connectivity index (χ3n) is 5.62. The number of carbonyl (C=O) groups is 2. The van der Waals surface area contributed by atoms with Crippen LogP contribution in [0.15, 0.2) is 58.5 Å². The molecule has 0 bridgehead atoms. The first kappa shape index (κ1) is 23.6. The second-order valence-electron chi connectivity index (χ2n) is 8.03. The van der Waals surface area contributed by atoms with Crippen molar-refractivity contribution in [3.63, 3.8) is 0 Å². The molecule has 0 fully saturated rings. The Kier molecular flexibility index (Phi) is 7.36. The normalized spacial score (nSPS) is 16.4. The van der Waals surface area contributed by atoms with Crippen molar-refractivity contribution in [2.45, 2.75) is 44.4 Å². The second-order valence-corrected chi connectivity index (χ2v) is 8.97. The van der Waals surface area contributed by atoms with Crippen LogP contribution in [0.3, 0.4) is 0 Å². The summed E-state index contributed by atoms with van der Waals surface area (Å²) in [5.41, 5.74) is 2.45. The maximum Gasteiger partial charge on any atom is 0.270 e. The molecule has 2 heterocycles. The molecule has 2 amide bonds. The van der Waals surface area contributed by atoms with E-state index in [4.69, 9.17) is 4.99 Å². The average molecular weight is 480 g/mol. The SMILES string of the molecule is CCCCNC(=O)CCC1C(=O)N=C2c3ccccc3N=C(SCc3ccc([N+](=O)[O-])cc3)N21. The number of hydrogen-bond acceptors (Lipinski definition) is 7. The number of unbranched alkanes of at least 4 members (excludes halogenated alkanes) is 1. The van der Waals surface area contributed by atoms with Crippen molar-refractivity contribution < 1.29 is 14.5 Å². The smallest absolute Gasteiger partial charge is 0.270 e. The van der Waals surface area contributed by atoms with Crippen molar-refractivity contribution in [3.8, 4) is 0 Å². The van der Waals surface area contributed by atoms with Crippen molar-refractivity contribution in [1.29, 1.82) is 0 Å². The number of amides is 2. The van der Waals surface area contributed by atoms with Gasteiger partial charge in [0.05, 0.1) is 10.6 Å². The molecule has 0 saturated carbocycles. The van der Waals surface area contributed by atoms with Crippen molar-refractivity contribution in [3.05, 3.63) is 69.8 Å². The van der Waals surface area contributed by atoms with E-state index in [2.05, 4.69) is 17.2 Å². The number of nitrogens with one attached hydrogen (secondary N) is 1. The van der Waals surface area contributed by atoms with E-state index in [1.807, 2.05) is 29.2 Å². The molecule has 0 radical (unpaired) electrons. The van der Waals surface area contributed by atoms with Crippen molar-refractivity contribution in [2.75, 3.05) is 6.54 Å². The highest BCUT2D eigenvalue weighted by Gasteiger charge is 2.41. The Bertz CT molecular complexity index is 1160. The molecule has 176 valence electrons. The van der Waals surface area contributed by atoms with Gasteiger partial charge in [0.25, 0.3) is 11.6 Å². The number of nitro groups is 1. The number of aliphatic imine (C=N–C) groups is 2. The van der Waals surface area contributed by atoms with Gasteiger partial charge >= 0.3 is 0 Å². The molecule has 2 aromatic carbocycles. The molecule has 0 aliphatic carbocycles. The van der Waals surface area contributed by atoms with Gasteiger partial charge in [0, 0.05) is 36.4 Å². The molecule has 4 rings (SSSR count). The highest BCUT2D eigenvalue weighted by atomic mass is 32.2. The first-order chi connectivity index (χ1) is 16.5. The molecule has 2 aliphatic rings. The van der Waals surface area contributed by atoms with E-state index in [-0.39, 0.29) is 23.9 Å². The Morgan fingerprint density at radius 1 is 1.18 bits per heavy atom. The zero-order valence-corrected chi connectivity index (χ0v) is 19.6. The van der Waals surface area contributed by atoms with Crippen LogP contribution in [0.2, 0.25) is 0 Å². The predicted octanol–water partition coefficient (Wildman–Crippen LogP) is 4.18. The minimum absolute atomic E-state index is 0.0366. The van der Waals surface area contributed by atoms with Gasteiger partial charge in [-0.2, -0.15) is 4.99 Å². The van der Waals surface area contributed by atoms with Crippen LogP contribution in [-0.4, -0.2) is 45.2 Å². The lowest BCUT2D eigenvalue weighted by molar-refractivity contribution is -0.384. The summed E-state index contributed by atoms with van der Waals surface area (Å²) in [7, 11) is 0. The molecule has 1 unspecified atom stereocenters. The number of benzene rings is 2. The topological polar surface area (TPSA) is 117 Å². The van der Waals surface area contributed by atoms with Gasteiger partial charge in [-0.25, -0.2) is 4.99 Å². The molecule has 0 spiro atoms. The Labute approximate surface area is 201 Å². The van der Waals surface area contributed by atoms with Gasteiger partial charge in [0.2, 0.25) is 5.91 Å². The van der Waals surface area contributed by atoms with Crippen molar-refractivity contribution in [2.24, 2.45) is 9.98 Å². The summed E-state index contributed by atoms with van der Waals surface area (Å²) in [5.74, 6) is 0.709. The van der Waals surface area contributed by atoms with E-state index in [0.29, 0.717) is 29.7 Å². The Morgan fingerprint density at radius 2 is 1.94 bits per heavy atom. The third-order valence-corrected chi connectivity index (χ3v) is 6.64. The van der Waals surface area contributed by atoms with Crippen LogP contribution in [0, 0.1) is 10.1 Å². The van der Waals surface area contributed by atoms with Gasteiger partial charge in [-0.3, -0.25) is 24.6 Å². The van der Waals surface area contributed by atoms with E-state index < -0.39 is 11.0 Å². The van der Waals surface area contributed by atoms with E-state index in [1.54, 1.807) is 12.1 Å². The minimum atomic E-state index is -0.594. The molecular weight excluding hydrogens is 454 g/mol. The molecule has 2 aromatic rings. The van der Waals surface area contributed by atoms with Crippen LogP contribution in [0.25, 0.3) is 0 Å². The van der Waals surface area contributed by atoms with E-state index in [9.17, 15) is 19.7 Å². The molecule has 9 nitrogen and oxygen atoms in total. The fourth-order valence-electron chi connectivity index (χ4n) is 3.80. The zero-order valence-electron chi connectivity index (χ0n) is 18.8. The zero-order chi connectivity index (χ0) is 24.1. The van der Waals surface area contributed by atoms with Gasteiger partial charge in [0.15, 0.2) is 5.17 Å². The first-order valence-corrected chi connectivity index (χ1v) is 12.2. The molecule has 34 heavy (non-hydrogen) atoms. The average Bonchev–Trinajstić information content (AvgIpc) is 3.18. The predicted molar refractivity (Wildman–Crippen MR) is 132 cm³/mol. The Hall–Kier alpha value is -3.53. The lowest BCUT2D eigenvalue weighted by atomic mass is 10.1. The molecule has 0 aromatic heterocycles. The van der Waals surface area contributed by atoms with Crippen LogP contribution in [-0.2, 0) is 15.3 Å².